The topological polar surface area (TPSA) is 121 Å². The number of esters is 1. The number of hydrogen-bond donors (Lipinski definition) is 1. The van der Waals surface area contributed by atoms with Crippen LogP contribution in [0.25, 0.3) is 11.6 Å². The van der Waals surface area contributed by atoms with Crippen LogP contribution < -0.4 is 24.8 Å². The average molecular weight is 626 g/mol. The van der Waals surface area contributed by atoms with Crippen LogP contribution in [-0.2, 0) is 25.5 Å². The van der Waals surface area contributed by atoms with Gasteiger partial charge in [0, 0.05) is 36.0 Å². The molecule has 2 aromatic carbocycles. The van der Waals surface area contributed by atoms with Gasteiger partial charge in [-0.15, -0.1) is 0 Å². The second-order valence-corrected chi connectivity index (χ2v) is 13.0. The Morgan fingerprint density at radius 2 is 1.96 bits per heavy atom. The Kier molecular flexibility index (Phi) is 7.83. The van der Waals surface area contributed by atoms with E-state index in [0.717, 1.165) is 53.0 Å². The van der Waals surface area contributed by atoms with E-state index in [1.807, 2.05) is 31.2 Å². The first-order chi connectivity index (χ1) is 22.2. The van der Waals surface area contributed by atoms with Crippen LogP contribution in [0.2, 0.25) is 0 Å². The summed E-state index contributed by atoms with van der Waals surface area (Å²) < 4.78 is 24.0. The first-order valence-corrected chi connectivity index (χ1v) is 16.3. The van der Waals surface area contributed by atoms with Gasteiger partial charge in [0.2, 0.25) is 5.76 Å². The predicted octanol–water partition coefficient (Wildman–Crippen LogP) is 4.05. The van der Waals surface area contributed by atoms with Crippen molar-refractivity contribution in [3.8, 4) is 17.2 Å². The van der Waals surface area contributed by atoms with E-state index in [4.69, 9.17) is 18.9 Å². The fourth-order valence-electron chi connectivity index (χ4n) is 8.00. The highest BCUT2D eigenvalue weighted by atomic mass is 16.6. The fourth-order valence-corrected chi connectivity index (χ4v) is 8.00. The molecule has 5 aliphatic rings. The lowest BCUT2D eigenvalue weighted by Gasteiger charge is -2.35. The van der Waals surface area contributed by atoms with Crippen LogP contribution in [0.3, 0.4) is 0 Å². The van der Waals surface area contributed by atoms with Crippen LogP contribution in [0.15, 0.2) is 46.2 Å². The van der Waals surface area contributed by atoms with Crippen LogP contribution in [0, 0.1) is 5.92 Å². The number of aldehydes is 1. The standard InChI is InChI=1S/C37H39NO8/c1-4-44-36(41)35-26(19-39)32(22-10-12-28(40)24(16-22)20-9-11-27-21(15-20)13-14-38-27)33-30(46-35)18-29-25(34(33)43-3)17-31(45-29)37(2,42)23-7-5-6-8-23/h9,11,13,15,18-19,23-24,31,42H,4-8,10,12,14,16-17H2,1-3H3/b32-22-/t24-,31-,37-/m0/s1. The van der Waals surface area contributed by atoms with E-state index in [1.54, 1.807) is 20.1 Å². The third-order valence-corrected chi connectivity index (χ3v) is 10.5. The molecule has 0 amide bonds. The van der Waals surface area contributed by atoms with Gasteiger partial charge in [-0.2, -0.15) is 0 Å². The number of methoxy groups -OCH3 is 1. The Morgan fingerprint density at radius 1 is 1.15 bits per heavy atom. The third-order valence-electron chi connectivity index (χ3n) is 10.5. The molecule has 0 aromatic heterocycles. The minimum Gasteiger partial charge on any atom is -0.496 e. The number of aliphatic hydroxyl groups is 1. The molecule has 2 fully saturated rings. The number of carbonyl (C=O) groups is 3. The Labute approximate surface area is 267 Å². The summed E-state index contributed by atoms with van der Waals surface area (Å²) in [6.07, 6.45) is 7.73. The highest BCUT2D eigenvalue weighted by molar-refractivity contribution is 6.10. The first-order valence-electron chi connectivity index (χ1n) is 16.3. The minimum absolute atomic E-state index is 0.0711. The van der Waals surface area contributed by atoms with Gasteiger partial charge in [0.15, 0.2) is 6.29 Å². The molecule has 0 radical (unpaired) electrons. The molecule has 0 unspecified atom stereocenters. The van der Waals surface area contributed by atoms with Gasteiger partial charge in [0.05, 0.1) is 36.8 Å². The van der Waals surface area contributed by atoms with Crippen LogP contribution in [0.1, 0.15) is 81.4 Å². The number of rotatable bonds is 7. The predicted molar refractivity (Wildman–Crippen MR) is 169 cm³/mol. The molecule has 0 spiro atoms. The Bertz CT molecular complexity index is 1830. The molecule has 3 atom stereocenters. The zero-order valence-corrected chi connectivity index (χ0v) is 26.5. The van der Waals surface area contributed by atoms with Gasteiger partial charge in [-0.3, -0.25) is 14.6 Å². The molecule has 2 saturated carbocycles. The van der Waals surface area contributed by atoms with E-state index in [0.29, 0.717) is 60.5 Å². The molecule has 46 heavy (non-hydrogen) atoms. The second kappa shape index (κ2) is 11.8. The summed E-state index contributed by atoms with van der Waals surface area (Å²) >= 11 is 0. The number of carbonyl (C=O) groups excluding carboxylic acids is 3. The van der Waals surface area contributed by atoms with Crippen molar-refractivity contribution in [1.29, 1.82) is 0 Å². The number of Topliss-reactive ketones (excluding diaryl/α,β-unsaturated/α-hetero) is 1. The number of allylic oxidation sites excluding steroid dienone is 3. The lowest BCUT2D eigenvalue weighted by atomic mass is 9.75. The van der Waals surface area contributed by atoms with Gasteiger partial charge in [0.25, 0.3) is 0 Å². The molecule has 7 rings (SSSR count). The van der Waals surface area contributed by atoms with E-state index < -0.39 is 23.6 Å². The molecule has 3 heterocycles. The first kappa shape index (κ1) is 30.4. The molecule has 2 aromatic rings. The van der Waals surface area contributed by atoms with E-state index >= 15 is 0 Å². The van der Waals surface area contributed by atoms with Crippen molar-refractivity contribution in [3.05, 3.63) is 68.4 Å². The number of ketones is 1. The van der Waals surface area contributed by atoms with Gasteiger partial charge < -0.3 is 24.1 Å². The lowest BCUT2D eigenvalue weighted by Crippen LogP contribution is -2.47. The molecule has 9 heteroatoms. The van der Waals surface area contributed by atoms with Crippen LogP contribution in [-0.4, -0.2) is 55.1 Å². The molecule has 0 bridgehead atoms. The van der Waals surface area contributed by atoms with E-state index in [9.17, 15) is 19.5 Å². The molecular weight excluding hydrogens is 586 g/mol. The molecule has 3 aliphatic heterocycles. The molecule has 0 saturated heterocycles. The summed E-state index contributed by atoms with van der Waals surface area (Å²) in [5.74, 6) is 0.162. The zero-order valence-electron chi connectivity index (χ0n) is 26.5. The van der Waals surface area contributed by atoms with Gasteiger partial charge in [0.1, 0.15) is 34.7 Å². The molecule has 240 valence electrons. The second-order valence-electron chi connectivity index (χ2n) is 13.0. The van der Waals surface area contributed by atoms with Gasteiger partial charge in [-0.25, -0.2) is 4.79 Å². The smallest absolute Gasteiger partial charge is 0.375 e. The van der Waals surface area contributed by atoms with Crippen molar-refractivity contribution in [2.75, 3.05) is 20.3 Å². The van der Waals surface area contributed by atoms with Gasteiger partial charge in [-0.1, -0.05) is 30.6 Å². The van der Waals surface area contributed by atoms with Crippen molar-refractivity contribution in [1.82, 2.24) is 0 Å². The van der Waals surface area contributed by atoms with Crippen molar-refractivity contribution in [2.24, 2.45) is 10.9 Å². The quantitative estimate of drug-likeness (QED) is 0.362. The van der Waals surface area contributed by atoms with Crippen molar-refractivity contribution in [3.63, 3.8) is 0 Å². The Balaban J connectivity index is 1.37. The van der Waals surface area contributed by atoms with Crippen molar-refractivity contribution < 1.29 is 38.4 Å². The van der Waals surface area contributed by atoms with Crippen LogP contribution in [0.4, 0.5) is 0 Å². The van der Waals surface area contributed by atoms with E-state index in [2.05, 4.69) is 4.99 Å². The molecule has 2 aliphatic carbocycles. The van der Waals surface area contributed by atoms with Crippen LogP contribution in [0.5, 0.6) is 17.2 Å². The summed E-state index contributed by atoms with van der Waals surface area (Å²) in [4.78, 5) is 44.0. The normalized spacial score (nSPS) is 24.9. The maximum atomic E-state index is 13.4. The molecule has 1 N–H and O–H groups in total. The summed E-state index contributed by atoms with van der Waals surface area (Å²) in [5.41, 5.74) is 2.63. The molecular formula is C37H39NO8. The summed E-state index contributed by atoms with van der Waals surface area (Å²) in [6.45, 7) is 4.26. The zero-order chi connectivity index (χ0) is 32.2. The number of ether oxygens (including phenoxy) is 4. The number of benzene rings is 2. The Hall–Kier alpha value is -4.24. The van der Waals surface area contributed by atoms with Gasteiger partial charge >= 0.3 is 5.97 Å². The SMILES string of the molecule is CCOC(=O)C1=C(C=O)/C(=C2\CCC(=O)[C@H](c3ccc4c(c3)=CCN=4)C2)c2c(cc3c(c2OC)C[C@@H]([C@@](C)(O)C2CCCC2)O3)O1. The fraction of sp³-hybridized carbons (Fsp3) is 0.459. The maximum Gasteiger partial charge on any atom is 0.375 e. The maximum absolute atomic E-state index is 13.4. The van der Waals surface area contributed by atoms with E-state index in [1.165, 1.54) is 0 Å². The highest BCUT2D eigenvalue weighted by Crippen LogP contribution is 2.54. The summed E-state index contributed by atoms with van der Waals surface area (Å²) in [6, 6.07) is 7.66. The Morgan fingerprint density at radius 3 is 2.70 bits per heavy atom. The lowest BCUT2D eigenvalue weighted by molar-refractivity contribution is -0.141. The highest BCUT2D eigenvalue weighted by Gasteiger charge is 2.47. The third kappa shape index (κ3) is 4.96. The minimum atomic E-state index is -1.05. The summed E-state index contributed by atoms with van der Waals surface area (Å²) in [5, 5.41) is 13.6. The monoisotopic (exact) mass is 625 g/mol. The van der Waals surface area contributed by atoms with Crippen molar-refractivity contribution in [2.45, 2.75) is 82.8 Å². The summed E-state index contributed by atoms with van der Waals surface area (Å²) in [7, 11) is 1.56. The average Bonchev–Trinajstić information content (AvgIpc) is 3.84. The number of fused-ring (bicyclic) bond motifs is 3. The van der Waals surface area contributed by atoms with E-state index in [-0.39, 0.29) is 36.1 Å². The number of nitrogens with zero attached hydrogens (tertiary/aromatic N) is 1. The molecule has 9 nitrogen and oxygen atoms in total. The van der Waals surface area contributed by atoms with Crippen molar-refractivity contribution >= 4 is 29.7 Å². The van der Waals surface area contributed by atoms with Gasteiger partial charge in [-0.05, 0) is 68.4 Å². The number of hydrogen-bond acceptors (Lipinski definition) is 9. The van der Waals surface area contributed by atoms with Crippen LogP contribution >= 0.6 is 0 Å². The largest absolute Gasteiger partial charge is 0.496 e.